The first-order chi connectivity index (χ1) is 15.3. The van der Waals surface area contributed by atoms with Gasteiger partial charge in [-0.2, -0.15) is 0 Å². The summed E-state index contributed by atoms with van der Waals surface area (Å²) in [6.07, 6.45) is 0. The summed E-state index contributed by atoms with van der Waals surface area (Å²) in [5.41, 5.74) is 0.596. The molecule has 5 aromatic rings. The molecule has 156 valence electrons. The number of hydrogen-bond acceptors (Lipinski definition) is 5. The van der Waals surface area contributed by atoms with Gasteiger partial charge in [-0.3, -0.25) is 4.79 Å². The van der Waals surface area contributed by atoms with Gasteiger partial charge in [-0.1, -0.05) is 24.3 Å². The van der Waals surface area contributed by atoms with Gasteiger partial charge in [0, 0.05) is 22.4 Å². The first-order valence-corrected chi connectivity index (χ1v) is 9.57. The zero-order chi connectivity index (χ0) is 22.6. The molecule has 0 saturated heterocycles. The maximum Gasteiger partial charge on any atom is 0.336 e. The maximum atomic E-state index is 12.7. The second-order valence-corrected chi connectivity index (χ2v) is 7.32. The Morgan fingerprint density at radius 1 is 0.812 bits per heavy atom. The summed E-state index contributed by atoms with van der Waals surface area (Å²) < 4.78 is 6.04. The van der Waals surface area contributed by atoms with Crippen LogP contribution >= 0.6 is 0 Å². The molecule has 0 atom stereocenters. The lowest BCUT2D eigenvalue weighted by Crippen LogP contribution is -2.05. The summed E-state index contributed by atoms with van der Waals surface area (Å²) >= 11 is 0. The Labute approximate surface area is 179 Å². The molecule has 1 heterocycles. The molecular weight excluding hydrogens is 412 g/mol. The van der Waals surface area contributed by atoms with Gasteiger partial charge < -0.3 is 19.7 Å². The summed E-state index contributed by atoms with van der Waals surface area (Å²) in [5.74, 6) is -2.60. The van der Waals surface area contributed by atoms with Gasteiger partial charge in [-0.25, -0.2) is 9.59 Å². The summed E-state index contributed by atoms with van der Waals surface area (Å²) in [5, 5.41) is 31.1. The maximum absolute atomic E-state index is 12.7. The fourth-order valence-corrected chi connectivity index (χ4v) is 4.04. The van der Waals surface area contributed by atoms with Crippen LogP contribution in [0.4, 0.5) is 0 Å². The zero-order valence-corrected chi connectivity index (χ0v) is 16.3. The van der Waals surface area contributed by atoms with Crippen molar-refractivity contribution in [3.05, 3.63) is 88.1 Å². The minimum atomic E-state index is -1.30. The zero-order valence-electron chi connectivity index (χ0n) is 16.3. The van der Waals surface area contributed by atoms with Gasteiger partial charge in [0.25, 0.3) is 0 Å². The standard InChI is InChI=1S/C25H14O7/c26-14-6-9-16-20(11-14)32-23-17(8-4-12-2-1-3-19(27)21(12)23)22(16)15-7-5-13(24(28)29)10-18(15)25(30)31/h1-11,26H,(H,28,29)(H,30,31). The average Bonchev–Trinajstić information content (AvgIpc) is 2.76. The number of rotatable bonds is 3. The molecule has 5 rings (SSSR count). The Balaban J connectivity index is 2.03. The van der Waals surface area contributed by atoms with Crippen molar-refractivity contribution in [3.8, 4) is 16.9 Å². The molecule has 0 aliphatic rings. The van der Waals surface area contributed by atoms with Crippen LogP contribution in [0.25, 0.3) is 43.8 Å². The summed E-state index contributed by atoms with van der Waals surface area (Å²) in [6, 6.07) is 16.6. The molecule has 7 nitrogen and oxygen atoms in total. The van der Waals surface area contributed by atoms with Crippen LogP contribution in [0.3, 0.4) is 0 Å². The van der Waals surface area contributed by atoms with Crippen LogP contribution in [0.5, 0.6) is 5.75 Å². The largest absolute Gasteiger partial charge is 0.508 e. The average molecular weight is 426 g/mol. The number of carboxylic acids is 2. The molecule has 0 aliphatic carbocycles. The fourth-order valence-electron chi connectivity index (χ4n) is 4.04. The Bertz CT molecular complexity index is 1660. The van der Waals surface area contributed by atoms with E-state index in [0.29, 0.717) is 27.1 Å². The van der Waals surface area contributed by atoms with E-state index < -0.39 is 11.9 Å². The van der Waals surface area contributed by atoms with E-state index in [1.165, 1.54) is 30.3 Å². The highest BCUT2D eigenvalue weighted by molar-refractivity contribution is 6.17. The SMILES string of the molecule is O=C(O)c1ccc(-c2c3ccc(O)cc3oc3c2ccc2cccc(=O)c23)c(C(=O)O)c1. The third-order valence-electron chi connectivity index (χ3n) is 5.44. The van der Waals surface area contributed by atoms with Gasteiger partial charge in [0.1, 0.15) is 16.9 Å². The number of carbonyl (C=O) groups is 2. The predicted octanol–water partition coefficient (Wildman–Crippen LogP) is 4.87. The van der Waals surface area contributed by atoms with Gasteiger partial charge >= 0.3 is 11.9 Å². The lowest BCUT2D eigenvalue weighted by atomic mass is 9.91. The topological polar surface area (TPSA) is 125 Å². The van der Waals surface area contributed by atoms with Crippen molar-refractivity contribution >= 4 is 44.6 Å². The number of aromatic hydroxyl groups is 1. The Morgan fingerprint density at radius 3 is 2.34 bits per heavy atom. The molecule has 1 aromatic heterocycles. The first-order valence-electron chi connectivity index (χ1n) is 9.57. The van der Waals surface area contributed by atoms with Crippen LogP contribution in [-0.4, -0.2) is 27.3 Å². The fraction of sp³-hybridized carbons (Fsp3) is 0. The van der Waals surface area contributed by atoms with Crippen molar-refractivity contribution in [1.82, 2.24) is 0 Å². The number of phenolic OH excluding ortho intramolecular Hbond substituents is 1. The van der Waals surface area contributed by atoms with Gasteiger partial charge in [0.05, 0.1) is 16.5 Å². The molecule has 0 aliphatic heterocycles. The lowest BCUT2D eigenvalue weighted by molar-refractivity contribution is 0.0696. The van der Waals surface area contributed by atoms with Gasteiger partial charge in [0.2, 0.25) is 0 Å². The molecule has 3 N–H and O–H groups in total. The van der Waals surface area contributed by atoms with E-state index in [2.05, 4.69) is 0 Å². The molecule has 0 saturated carbocycles. The van der Waals surface area contributed by atoms with E-state index in [1.54, 1.807) is 30.3 Å². The van der Waals surface area contributed by atoms with Crippen LogP contribution in [0.1, 0.15) is 20.7 Å². The minimum absolute atomic E-state index is 0.0613. The molecule has 0 fully saturated rings. The number of fused-ring (bicyclic) bond motifs is 4. The third-order valence-corrected chi connectivity index (χ3v) is 5.44. The molecule has 4 aromatic carbocycles. The normalized spacial score (nSPS) is 11.2. The second kappa shape index (κ2) is 6.95. The van der Waals surface area contributed by atoms with Gasteiger partial charge in [0.15, 0.2) is 5.43 Å². The summed E-state index contributed by atoms with van der Waals surface area (Å²) in [6.45, 7) is 0. The molecule has 0 amide bonds. The second-order valence-electron chi connectivity index (χ2n) is 7.32. The molecule has 0 spiro atoms. The highest BCUT2D eigenvalue weighted by atomic mass is 16.4. The van der Waals surface area contributed by atoms with Crippen molar-refractivity contribution in [2.75, 3.05) is 0 Å². The van der Waals surface area contributed by atoms with Crippen molar-refractivity contribution in [2.24, 2.45) is 0 Å². The molecule has 0 bridgehead atoms. The predicted molar refractivity (Wildman–Crippen MR) is 119 cm³/mol. The van der Waals surface area contributed by atoms with E-state index in [9.17, 15) is 29.7 Å². The number of aromatic carboxylic acids is 2. The van der Waals surface area contributed by atoms with Crippen LogP contribution in [-0.2, 0) is 0 Å². The van der Waals surface area contributed by atoms with Gasteiger partial charge in [-0.15, -0.1) is 0 Å². The van der Waals surface area contributed by atoms with E-state index in [0.717, 1.165) is 6.07 Å². The van der Waals surface area contributed by atoms with Gasteiger partial charge in [-0.05, 0) is 47.3 Å². The third kappa shape index (κ3) is 2.87. The van der Waals surface area contributed by atoms with Crippen LogP contribution in [0, 0.1) is 0 Å². The van der Waals surface area contributed by atoms with E-state index in [1.807, 2.05) is 0 Å². The first kappa shape index (κ1) is 19.3. The van der Waals surface area contributed by atoms with E-state index >= 15 is 0 Å². The number of carboxylic acid groups (broad SMARTS) is 2. The Hall–Kier alpha value is -4.65. The molecule has 32 heavy (non-hydrogen) atoms. The monoisotopic (exact) mass is 426 g/mol. The van der Waals surface area contributed by atoms with Crippen LogP contribution in [0.2, 0.25) is 0 Å². The summed E-state index contributed by atoms with van der Waals surface area (Å²) in [7, 11) is 0. The quantitative estimate of drug-likeness (QED) is 0.278. The van der Waals surface area contributed by atoms with E-state index in [-0.39, 0.29) is 39.0 Å². The highest BCUT2D eigenvalue weighted by Crippen LogP contribution is 2.41. The van der Waals surface area contributed by atoms with E-state index in [4.69, 9.17) is 4.42 Å². The van der Waals surface area contributed by atoms with Crippen LogP contribution < -0.4 is 5.43 Å². The summed E-state index contributed by atoms with van der Waals surface area (Å²) in [4.78, 5) is 36.1. The smallest absolute Gasteiger partial charge is 0.336 e. The Kier molecular flexibility index (Phi) is 4.20. The number of hydrogen-bond donors (Lipinski definition) is 3. The van der Waals surface area contributed by atoms with Crippen molar-refractivity contribution in [3.63, 3.8) is 0 Å². The minimum Gasteiger partial charge on any atom is -0.508 e. The molecule has 0 unspecified atom stereocenters. The van der Waals surface area contributed by atoms with Crippen molar-refractivity contribution in [1.29, 1.82) is 0 Å². The molecule has 0 radical (unpaired) electrons. The number of benzene rings is 4. The number of phenols is 1. The highest BCUT2D eigenvalue weighted by Gasteiger charge is 2.21. The van der Waals surface area contributed by atoms with Crippen molar-refractivity contribution in [2.45, 2.75) is 0 Å². The van der Waals surface area contributed by atoms with Crippen LogP contribution in [0.15, 0.2) is 75.9 Å². The lowest BCUT2D eigenvalue weighted by Gasteiger charge is -2.15. The Morgan fingerprint density at radius 2 is 1.59 bits per heavy atom. The molecular formula is C25H14O7. The van der Waals surface area contributed by atoms with Crippen molar-refractivity contribution < 1.29 is 29.3 Å². The molecule has 7 heteroatoms.